The Morgan fingerprint density at radius 3 is 3.00 bits per heavy atom. The Morgan fingerprint density at radius 1 is 1.28 bits per heavy atom. The normalized spacial score (nSPS) is 24.6. The van der Waals surface area contributed by atoms with Gasteiger partial charge < -0.3 is 15.0 Å². The first-order chi connectivity index (χ1) is 14.0. The van der Waals surface area contributed by atoms with Gasteiger partial charge in [0, 0.05) is 31.4 Å². The van der Waals surface area contributed by atoms with E-state index in [0.717, 1.165) is 48.7 Å². The number of pyridine rings is 1. The van der Waals surface area contributed by atoms with Crippen LogP contribution in [-0.4, -0.2) is 50.7 Å². The Labute approximate surface area is 168 Å². The number of nitrogens with one attached hydrogen (secondary N) is 1. The molecule has 2 saturated heterocycles. The molecule has 5 rings (SSSR count). The number of hydrogen-bond donors (Lipinski definition) is 1. The molecule has 2 unspecified atom stereocenters. The molecule has 8 nitrogen and oxygen atoms in total. The number of aromatic nitrogens is 4. The number of cyclic esters (lactones) is 1. The Morgan fingerprint density at radius 2 is 2.17 bits per heavy atom. The van der Waals surface area contributed by atoms with Crippen molar-refractivity contribution < 1.29 is 9.53 Å². The third-order valence-corrected chi connectivity index (χ3v) is 6.06. The van der Waals surface area contributed by atoms with Crippen LogP contribution in [0.3, 0.4) is 0 Å². The number of ether oxygens (including phenoxy) is 1. The van der Waals surface area contributed by atoms with Gasteiger partial charge in [0.2, 0.25) is 0 Å². The van der Waals surface area contributed by atoms with E-state index in [-0.39, 0.29) is 11.6 Å². The van der Waals surface area contributed by atoms with E-state index in [1.165, 1.54) is 0 Å². The van der Waals surface area contributed by atoms with E-state index in [4.69, 9.17) is 9.72 Å². The molecule has 0 saturated carbocycles. The van der Waals surface area contributed by atoms with Crippen LogP contribution < -0.4 is 10.2 Å². The summed E-state index contributed by atoms with van der Waals surface area (Å²) in [6, 6.07) is 5.99. The molecular weight excluding hydrogens is 368 g/mol. The SMILES string of the molecule is Cc1ccc2ncc(-c3nccc(N4CCCC(C5(C)COC(=O)N5)C4)n3)n2c1. The summed E-state index contributed by atoms with van der Waals surface area (Å²) in [7, 11) is 0. The van der Waals surface area contributed by atoms with Crippen molar-refractivity contribution in [3.63, 3.8) is 0 Å². The second-order valence-electron chi connectivity index (χ2n) is 8.22. The fourth-order valence-electron chi connectivity index (χ4n) is 4.35. The molecule has 1 N–H and O–H groups in total. The number of amides is 1. The van der Waals surface area contributed by atoms with Gasteiger partial charge in [-0.25, -0.2) is 19.7 Å². The summed E-state index contributed by atoms with van der Waals surface area (Å²) >= 11 is 0. The summed E-state index contributed by atoms with van der Waals surface area (Å²) in [5, 5.41) is 3.00. The van der Waals surface area contributed by atoms with E-state index in [0.29, 0.717) is 18.3 Å². The summed E-state index contributed by atoms with van der Waals surface area (Å²) in [5.41, 5.74) is 2.58. The topological polar surface area (TPSA) is 84.6 Å². The van der Waals surface area contributed by atoms with Gasteiger partial charge in [-0.05, 0) is 44.4 Å². The first kappa shape index (κ1) is 17.9. The van der Waals surface area contributed by atoms with Crippen molar-refractivity contribution in [2.45, 2.75) is 32.2 Å². The minimum atomic E-state index is -0.329. The first-order valence-corrected chi connectivity index (χ1v) is 9.99. The highest BCUT2D eigenvalue weighted by Crippen LogP contribution is 2.32. The Balaban J connectivity index is 1.43. The number of nitrogens with zero attached hydrogens (tertiary/aromatic N) is 5. The van der Waals surface area contributed by atoms with Crippen LogP contribution in [0.5, 0.6) is 0 Å². The molecule has 1 amide bonds. The molecule has 0 spiro atoms. The van der Waals surface area contributed by atoms with Gasteiger partial charge in [0.25, 0.3) is 0 Å². The lowest BCUT2D eigenvalue weighted by Gasteiger charge is -2.40. The second-order valence-corrected chi connectivity index (χ2v) is 8.22. The summed E-state index contributed by atoms with van der Waals surface area (Å²) in [4.78, 5) is 27.7. The van der Waals surface area contributed by atoms with Gasteiger partial charge in [-0.2, -0.15) is 0 Å². The predicted molar refractivity (Wildman–Crippen MR) is 109 cm³/mol. The van der Waals surface area contributed by atoms with Gasteiger partial charge in [0.15, 0.2) is 5.82 Å². The van der Waals surface area contributed by atoms with Crippen LogP contribution in [0.2, 0.25) is 0 Å². The first-order valence-electron chi connectivity index (χ1n) is 9.99. The molecule has 0 bridgehead atoms. The Hall–Kier alpha value is -3.16. The quantitative estimate of drug-likeness (QED) is 0.738. The van der Waals surface area contributed by atoms with Crippen LogP contribution in [0, 0.1) is 12.8 Å². The lowest BCUT2D eigenvalue weighted by atomic mass is 9.81. The van der Waals surface area contributed by atoms with Crippen molar-refractivity contribution in [2.75, 3.05) is 24.6 Å². The van der Waals surface area contributed by atoms with E-state index in [9.17, 15) is 4.79 Å². The highest BCUT2D eigenvalue weighted by molar-refractivity contribution is 5.70. The molecule has 0 aliphatic carbocycles. The van der Waals surface area contributed by atoms with Crippen LogP contribution in [0.15, 0.2) is 36.8 Å². The third kappa shape index (κ3) is 3.18. The molecule has 3 aromatic rings. The van der Waals surface area contributed by atoms with Crippen molar-refractivity contribution in [1.82, 2.24) is 24.7 Å². The zero-order chi connectivity index (χ0) is 20.0. The lowest BCUT2D eigenvalue weighted by Crippen LogP contribution is -2.53. The number of fused-ring (bicyclic) bond motifs is 1. The van der Waals surface area contributed by atoms with Crippen LogP contribution in [0.1, 0.15) is 25.3 Å². The largest absolute Gasteiger partial charge is 0.447 e. The number of rotatable bonds is 3. The van der Waals surface area contributed by atoms with Crippen molar-refractivity contribution in [2.24, 2.45) is 5.92 Å². The standard InChI is InChI=1S/C21H24N6O2/c1-14-5-6-17-23-10-16(27(17)11-14)19-22-8-7-18(24-19)26-9-3-4-15(12-26)21(2)13-29-20(28)25-21/h5-8,10-11,15H,3-4,9,12-13H2,1-2H3,(H,25,28). The average molecular weight is 392 g/mol. The maximum atomic E-state index is 11.6. The predicted octanol–water partition coefficient (Wildman–Crippen LogP) is 2.81. The minimum absolute atomic E-state index is 0.305. The van der Waals surface area contributed by atoms with Gasteiger partial charge in [0.05, 0.1) is 11.7 Å². The summed E-state index contributed by atoms with van der Waals surface area (Å²) in [6.07, 6.45) is 7.45. The highest BCUT2D eigenvalue weighted by atomic mass is 16.6. The minimum Gasteiger partial charge on any atom is -0.447 e. The molecule has 8 heteroatoms. The fourth-order valence-corrected chi connectivity index (χ4v) is 4.35. The van der Waals surface area contributed by atoms with Crippen LogP contribution in [0.25, 0.3) is 17.2 Å². The van der Waals surface area contributed by atoms with Crippen molar-refractivity contribution in [3.05, 3.63) is 42.4 Å². The Bertz CT molecular complexity index is 1080. The fraction of sp³-hybridized carbons (Fsp3) is 0.429. The molecule has 2 aliphatic heterocycles. The van der Waals surface area contributed by atoms with E-state index < -0.39 is 0 Å². The maximum Gasteiger partial charge on any atom is 0.407 e. The van der Waals surface area contributed by atoms with Gasteiger partial charge in [-0.15, -0.1) is 0 Å². The molecular formula is C21H24N6O2. The number of piperidine rings is 1. The highest BCUT2D eigenvalue weighted by Gasteiger charge is 2.43. The third-order valence-electron chi connectivity index (χ3n) is 6.06. The number of carbonyl (C=O) groups excluding carboxylic acids is 1. The summed E-state index contributed by atoms with van der Waals surface area (Å²) < 4.78 is 7.21. The second kappa shape index (κ2) is 6.72. The van der Waals surface area contributed by atoms with E-state index in [1.807, 2.05) is 35.0 Å². The van der Waals surface area contributed by atoms with Gasteiger partial charge in [-0.3, -0.25) is 4.40 Å². The molecule has 150 valence electrons. The van der Waals surface area contributed by atoms with Crippen molar-refractivity contribution in [3.8, 4) is 11.5 Å². The molecule has 0 radical (unpaired) electrons. The molecule has 2 fully saturated rings. The molecule has 2 atom stereocenters. The molecule has 3 aromatic heterocycles. The van der Waals surface area contributed by atoms with Gasteiger partial charge in [0.1, 0.15) is 23.8 Å². The van der Waals surface area contributed by atoms with Crippen molar-refractivity contribution >= 4 is 17.6 Å². The number of aryl methyl sites for hydroxylation is 1. The van der Waals surface area contributed by atoms with Crippen LogP contribution >= 0.6 is 0 Å². The van der Waals surface area contributed by atoms with Crippen molar-refractivity contribution in [1.29, 1.82) is 0 Å². The van der Waals surface area contributed by atoms with E-state index in [1.54, 1.807) is 6.20 Å². The Kier molecular flexibility index (Phi) is 4.15. The number of carbonyl (C=O) groups is 1. The average Bonchev–Trinajstić information content (AvgIpc) is 3.31. The number of anilines is 1. The maximum absolute atomic E-state index is 11.6. The number of alkyl carbamates (subject to hydrolysis) is 1. The van der Waals surface area contributed by atoms with E-state index in [2.05, 4.69) is 34.0 Å². The monoisotopic (exact) mass is 392 g/mol. The number of imidazole rings is 1. The molecule has 0 aromatic carbocycles. The van der Waals surface area contributed by atoms with E-state index >= 15 is 0 Å². The smallest absolute Gasteiger partial charge is 0.407 e. The molecule has 5 heterocycles. The van der Waals surface area contributed by atoms with Gasteiger partial charge >= 0.3 is 6.09 Å². The van der Waals surface area contributed by atoms with Crippen LogP contribution in [-0.2, 0) is 4.74 Å². The van der Waals surface area contributed by atoms with Crippen LogP contribution in [0.4, 0.5) is 10.6 Å². The molecule has 2 aliphatic rings. The summed E-state index contributed by atoms with van der Waals surface area (Å²) in [5.74, 6) is 1.86. The van der Waals surface area contributed by atoms with Gasteiger partial charge in [-0.1, -0.05) is 6.07 Å². The lowest BCUT2D eigenvalue weighted by molar-refractivity contribution is 0.160. The molecule has 29 heavy (non-hydrogen) atoms. The zero-order valence-corrected chi connectivity index (χ0v) is 16.6. The summed E-state index contributed by atoms with van der Waals surface area (Å²) in [6.45, 7) is 6.30. The number of hydrogen-bond acceptors (Lipinski definition) is 6. The zero-order valence-electron chi connectivity index (χ0n) is 16.6.